The first-order chi connectivity index (χ1) is 14.5. The third kappa shape index (κ3) is 5.67. The zero-order valence-electron chi connectivity index (χ0n) is 17.8. The fourth-order valence-corrected chi connectivity index (χ4v) is 3.50. The van der Waals surface area contributed by atoms with Crippen LogP contribution >= 0.6 is 15.9 Å². The van der Waals surface area contributed by atoms with Crippen LogP contribution in [0.5, 0.6) is 11.5 Å². The second-order valence-electron chi connectivity index (χ2n) is 7.35. The summed E-state index contributed by atoms with van der Waals surface area (Å²) in [4.78, 5) is 0. The number of halogens is 1. The van der Waals surface area contributed by atoms with E-state index in [0.29, 0.717) is 19.6 Å². The maximum atomic E-state index is 6.18. The quantitative estimate of drug-likeness (QED) is 0.345. The Bertz CT molecular complexity index is 1010. The van der Waals surface area contributed by atoms with Gasteiger partial charge in [-0.25, -0.2) is 0 Å². The number of anilines is 1. The Kier molecular flexibility index (Phi) is 7.58. The third-order valence-electron chi connectivity index (χ3n) is 5.08. The monoisotopic (exact) mass is 465 g/mol. The minimum absolute atomic E-state index is 0.480. The number of hydrogen-bond acceptors (Lipinski definition) is 3. The van der Waals surface area contributed by atoms with Crippen LogP contribution in [-0.4, -0.2) is 7.11 Å². The first-order valence-corrected chi connectivity index (χ1v) is 10.8. The van der Waals surface area contributed by atoms with Gasteiger partial charge in [0.2, 0.25) is 0 Å². The van der Waals surface area contributed by atoms with Crippen molar-refractivity contribution >= 4 is 21.6 Å². The second kappa shape index (κ2) is 10.4. The molecule has 0 aliphatic heterocycles. The van der Waals surface area contributed by atoms with Crippen LogP contribution in [0.25, 0.3) is 0 Å². The lowest BCUT2D eigenvalue weighted by Crippen LogP contribution is -2.05. The molecule has 4 heteroatoms. The first kappa shape index (κ1) is 22.0. The zero-order valence-corrected chi connectivity index (χ0v) is 19.4. The van der Waals surface area contributed by atoms with Crippen molar-refractivity contribution in [3.05, 3.63) is 99.5 Å². The Morgan fingerprint density at radius 1 is 0.967 bits per heavy atom. The normalized spacial score (nSPS) is 10.5. The van der Waals surface area contributed by atoms with Gasteiger partial charge in [0.25, 0.3) is 0 Å². The largest absolute Gasteiger partial charge is 0.493 e. The highest BCUT2D eigenvalue weighted by atomic mass is 79.9. The van der Waals surface area contributed by atoms with Crippen molar-refractivity contribution in [3.8, 4) is 11.5 Å². The highest BCUT2D eigenvalue weighted by molar-refractivity contribution is 9.10. The molecule has 3 rings (SSSR count). The molecule has 0 amide bonds. The lowest BCUT2D eigenvalue weighted by atomic mass is 10.0. The Hall–Kier alpha value is -2.72. The predicted octanol–water partition coefficient (Wildman–Crippen LogP) is 6.99. The van der Waals surface area contributed by atoms with Crippen molar-refractivity contribution in [2.24, 2.45) is 0 Å². The molecule has 0 aliphatic carbocycles. The summed E-state index contributed by atoms with van der Waals surface area (Å²) >= 11 is 3.47. The smallest absolute Gasteiger partial charge is 0.165 e. The molecule has 0 aliphatic rings. The van der Waals surface area contributed by atoms with Gasteiger partial charge in [-0.1, -0.05) is 40.2 Å². The van der Waals surface area contributed by atoms with Gasteiger partial charge in [0.15, 0.2) is 11.5 Å². The molecule has 0 fully saturated rings. The number of benzene rings is 3. The third-order valence-corrected chi connectivity index (χ3v) is 5.60. The maximum absolute atomic E-state index is 6.18. The van der Waals surface area contributed by atoms with Gasteiger partial charge in [0, 0.05) is 22.3 Å². The summed E-state index contributed by atoms with van der Waals surface area (Å²) in [7, 11) is 1.68. The first-order valence-electron chi connectivity index (χ1n) is 9.99. The minimum atomic E-state index is 0.480. The van der Waals surface area contributed by atoms with Gasteiger partial charge in [-0.05, 0) is 78.9 Å². The molecular formula is C26H28BrNO2. The molecule has 30 heavy (non-hydrogen) atoms. The average Bonchev–Trinajstić information content (AvgIpc) is 2.74. The van der Waals surface area contributed by atoms with Crippen molar-refractivity contribution in [2.75, 3.05) is 12.4 Å². The summed E-state index contributed by atoms with van der Waals surface area (Å²) in [5.74, 6) is 1.51. The van der Waals surface area contributed by atoms with E-state index in [1.54, 1.807) is 7.11 Å². The van der Waals surface area contributed by atoms with E-state index in [1.807, 2.05) is 36.4 Å². The summed E-state index contributed by atoms with van der Waals surface area (Å²) in [6.07, 6.45) is 2.60. The van der Waals surface area contributed by atoms with Crippen molar-refractivity contribution < 1.29 is 9.47 Å². The molecule has 3 aromatic carbocycles. The van der Waals surface area contributed by atoms with Gasteiger partial charge < -0.3 is 14.8 Å². The van der Waals surface area contributed by atoms with Crippen molar-refractivity contribution in [2.45, 2.75) is 33.4 Å². The molecule has 0 bridgehead atoms. The van der Waals surface area contributed by atoms with Crippen LogP contribution in [0.15, 0.2) is 71.7 Å². The molecule has 3 aromatic rings. The topological polar surface area (TPSA) is 30.5 Å². The number of methoxy groups -OCH3 is 1. The summed E-state index contributed by atoms with van der Waals surface area (Å²) in [5.41, 5.74) is 6.99. The van der Waals surface area contributed by atoms with Gasteiger partial charge >= 0.3 is 0 Å². The van der Waals surface area contributed by atoms with Crippen LogP contribution in [0.3, 0.4) is 0 Å². The second-order valence-corrected chi connectivity index (χ2v) is 8.26. The van der Waals surface area contributed by atoms with E-state index in [9.17, 15) is 0 Å². The maximum Gasteiger partial charge on any atom is 0.165 e. The predicted molar refractivity (Wildman–Crippen MR) is 129 cm³/mol. The van der Waals surface area contributed by atoms with Crippen LogP contribution in [0.1, 0.15) is 27.8 Å². The minimum Gasteiger partial charge on any atom is -0.493 e. The lowest BCUT2D eigenvalue weighted by molar-refractivity contribution is 0.281. The van der Waals surface area contributed by atoms with E-state index in [0.717, 1.165) is 38.3 Å². The molecule has 0 spiro atoms. The summed E-state index contributed by atoms with van der Waals surface area (Å²) in [6.45, 7) is 9.34. The molecule has 0 saturated carbocycles. The SMILES string of the molecule is C=CCc1cc(CNc2ccc(C)c(C)c2)cc(OC)c1OCc1ccc(Br)cc1. The molecule has 0 radical (unpaired) electrons. The molecule has 0 heterocycles. The number of rotatable bonds is 9. The van der Waals surface area contributed by atoms with Crippen molar-refractivity contribution in [1.82, 2.24) is 0 Å². The number of nitrogens with one attached hydrogen (secondary N) is 1. The summed E-state index contributed by atoms with van der Waals surface area (Å²) in [6, 6.07) is 18.8. The van der Waals surface area contributed by atoms with E-state index in [-0.39, 0.29) is 0 Å². The van der Waals surface area contributed by atoms with E-state index in [4.69, 9.17) is 9.47 Å². The van der Waals surface area contributed by atoms with Crippen LogP contribution in [0, 0.1) is 13.8 Å². The van der Waals surface area contributed by atoms with Crippen molar-refractivity contribution in [3.63, 3.8) is 0 Å². The van der Waals surface area contributed by atoms with Crippen LogP contribution in [-0.2, 0) is 19.6 Å². The number of hydrogen-bond donors (Lipinski definition) is 1. The van der Waals surface area contributed by atoms with Crippen LogP contribution in [0.4, 0.5) is 5.69 Å². The molecule has 156 valence electrons. The van der Waals surface area contributed by atoms with Crippen LogP contribution in [0.2, 0.25) is 0 Å². The lowest BCUT2D eigenvalue weighted by Gasteiger charge is -2.17. The molecule has 0 saturated heterocycles. The molecular weight excluding hydrogens is 438 g/mol. The Morgan fingerprint density at radius 3 is 2.40 bits per heavy atom. The fraction of sp³-hybridized carbons (Fsp3) is 0.231. The molecule has 0 atom stereocenters. The van der Waals surface area contributed by atoms with Gasteiger partial charge in [0.1, 0.15) is 6.61 Å². The Morgan fingerprint density at radius 2 is 1.73 bits per heavy atom. The van der Waals surface area contributed by atoms with Gasteiger partial charge in [-0.15, -0.1) is 6.58 Å². The highest BCUT2D eigenvalue weighted by Gasteiger charge is 2.13. The fourth-order valence-electron chi connectivity index (χ4n) is 3.24. The Labute approximate surface area is 187 Å². The summed E-state index contributed by atoms with van der Waals surface area (Å²) in [5, 5.41) is 3.51. The summed E-state index contributed by atoms with van der Waals surface area (Å²) < 4.78 is 12.9. The molecule has 3 nitrogen and oxygen atoms in total. The number of allylic oxidation sites excluding steroid dienone is 1. The number of ether oxygens (including phenoxy) is 2. The van der Waals surface area contributed by atoms with Crippen molar-refractivity contribution in [1.29, 1.82) is 0 Å². The van der Waals surface area contributed by atoms with E-state index in [2.05, 4.69) is 65.9 Å². The van der Waals surface area contributed by atoms with E-state index >= 15 is 0 Å². The molecule has 1 N–H and O–H groups in total. The van der Waals surface area contributed by atoms with Gasteiger partial charge in [-0.2, -0.15) is 0 Å². The zero-order chi connectivity index (χ0) is 21.5. The van der Waals surface area contributed by atoms with Gasteiger partial charge in [-0.3, -0.25) is 0 Å². The molecule has 0 unspecified atom stereocenters. The average molecular weight is 466 g/mol. The van der Waals surface area contributed by atoms with E-state index < -0.39 is 0 Å². The Balaban J connectivity index is 1.79. The number of aryl methyl sites for hydroxylation is 2. The van der Waals surface area contributed by atoms with Crippen LogP contribution < -0.4 is 14.8 Å². The van der Waals surface area contributed by atoms with E-state index in [1.165, 1.54) is 11.1 Å². The standard InChI is InChI=1S/C26H28BrNO2/c1-5-6-22-14-21(16-28-24-12-7-18(2)19(3)13-24)15-25(29-4)26(22)30-17-20-8-10-23(27)11-9-20/h5,7-15,28H,1,6,16-17H2,2-4H3. The molecule has 0 aromatic heterocycles. The van der Waals surface area contributed by atoms with Gasteiger partial charge in [0.05, 0.1) is 7.11 Å². The highest BCUT2D eigenvalue weighted by Crippen LogP contribution is 2.34.